The zero-order valence-corrected chi connectivity index (χ0v) is 12.6. The van der Waals surface area contributed by atoms with Crippen LogP contribution in [0.25, 0.3) is 0 Å². The minimum atomic E-state index is 0.0492. The van der Waals surface area contributed by atoms with Crippen molar-refractivity contribution >= 4 is 5.91 Å². The van der Waals surface area contributed by atoms with E-state index in [0.29, 0.717) is 13.1 Å². The smallest absolute Gasteiger partial charge is 0.254 e. The van der Waals surface area contributed by atoms with Crippen molar-refractivity contribution in [2.45, 2.75) is 12.8 Å². The normalized spacial score (nSPS) is 21.1. The van der Waals surface area contributed by atoms with Crippen molar-refractivity contribution in [3.63, 3.8) is 0 Å². The van der Waals surface area contributed by atoms with E-state index < -0.39 is 0 Å². The van der Waals surface area contributed by atoms with E-state index in [1.54, 1.807) is 12.4 Å². The molecule has 2 aromatic rings. The summed E-state index contributed by atoms with van der Waals surface area (Å²) >= 11 is 0. The Morgan fingerprint density at radius 1 is 1.23 bits per heavy atom. The van der Waals surface area contributed by atoms with Crippen molar-refractivity contribution in [1.82, 2.24) is 9.88 Å². The van der Waals surface area contributed by atoms with Crippen LogP contribution in [-0.4, -0.2) is 40.6 Å². The van der Waals surface area contributed by atoms with E-state index in [0.717, 1.165) is 16.7 Å². The van der Waals surface area contributed by atoms with Crippen molar-refractivity contribution in [3.8, 4) is 0 Å². The van der Waals surface area contributed by atoms with Crippen LogP contribution < -0.4 is 0 Å². The van der Waals surface area contributed by atoms with Gasteiger partial charge in [0.2, 0.25) is 0 Å². The quantitative estimate of drug-likeness (QED) is 0.945. The van der Waals surface area contributed by atoms with Gasteiger partial charge in [-0.25, -0.2) is 0 Å². The molecule has 114 valence electrons. The maximum Gasteiger partial charge on any atom is 0.254 e. The highest BCUT2D eigenvalue weighted by atomic mass is 16.3. The van der Waals surface area contributed by atoms with Crippen LogP contribution in [0.15, 0.2) is 48.8 Å². The van der Waals surface area contributed by atoms with Gasteiger partial charge in [-0.15, -0.1) is 0 Å². The molecule has 1 aliphatic rings. The summed E-state index contributed by atoms with van der Waals surface area (Å²) in [6.45, 7) is 3.27. The van der Waals surface area contributed by atoms with E-state index in [4.69, 9.17) is 0 Å². The molecular weight excluding hydrogens is 276 g/mol. The van der Waals surface area contributed by atoms with Crippen LogP contribution in [0.4, 0.5) is 0 Å². The highest BCUT2D eigenvalue weighted by Gasteiger charge is 2.36. The topological polar surface area (TPSA) is 53.4 Å². The first-order valence-electron chi connectivity index (χ1n) is 7.56. The monoisotopic (exact) mass is 296 g/mol. The third kappa shape index (κ3) is 2.74. The van der Waals surface area contributed by atoms with Crippen molar-refractivity contribution in [2.24, 2.45) is 5.92 Å². The zero-order valence-electron chi connectivity index (χ0n) is 12.6. The van der Waals surface area contributed by atoms with Crippen molar-refractivity contribution < 1.29 is 9.90 Å². The van der Waals surface area contributed by atoms with E-state index >= 15 is 0 Å². The van der Waals surface area contributed by atoms with Gasteiger partial charge in [-0.05, 0) is 36.2 Å². The fourth-order valence-electron chi connectivity index (χ4n) is 3.19. The van der Waals surface area contributed by atoms with Crippen LogP contribution in [0.1, 0.15) is 27.4 Å². The number of aromatic nitrogens is 1. The van der Waals surface area contributed by atoms with Gasteiger partial charge in [-0.2, -0.15) is 0 Å². The van der Waals surface area contributed by atoms with Crippen LogP contribution in [0.2, 0.25) is 0 Å². The van der Waals surface area contributed by atoms with Gasteiger partial charge >= 0.3 is 0 Å². The summed E-state index contributed by atoms with van der Waals surface area (Å²) < 4.78 is 0. The third-order valence-corrected chi connectivity index (χ3v) is 4.47. The molecule has 1 fully saturated rings. The van der Waals surface area contributed by atoms with Crippen LogP contribution in [-0.2, 0) is 0 Å². The van der Waals surface area contributed by atoms with Crippen LogP contribution >= 0.6 is 0 Å². The Bertz CT molecular complexity index is 657. The number of nitrogens with zero attached hydrogens (tertiary/aromatic N) is 2. The molecule has 1 saturated heterocycles. The SMILES string of the molecule is Cc1ccccc1C(=O)N1C[C@@H](CO)[C@H](c2ccncc2)C1. The Balaban J connectivity index is 1.83. The molecule has 2 atom stereocenters. The van der Waals surface area contributed by atoms with Crippen molar-refractivity contribution in [1.29, 1.82) is 0 Å². The number of likely N-dealkylation sites (tertiary alicyclic amines) is 1. The lowest BCUT2D eigenvalue weighted by atomic mass is 9.90. The number of carbonyl (C=O) groups is 1. The fraction of sp³-hybridized carbons (Fsp3) is 0.333. The molecule has 0 unspecified atom stereocenters. The lowest BCUT2D eigenvalue weighted by Crippen LogP contribution is -2.29. The summed E-state index contributed by atoms with van der Waals surface area (Å²) in [7, 11) is 0. The summed E-state index contributed by atoms with van der Waals surface area (Å²) in [6.07, 6.45) is 3.52. The number of hydrogen-bond acceptors (Lipinski definition) is 3. The number of aliphatic hydroxyl groups is 1. The predicted octanol–water partition coefficient (Wildman–Crippen LogP) is 2.24. The zero-order chi connectivity index (χ0) is 15.5. The number of pyridine rings is 1. The molecule has 0 saturated carbocycles. The van der Waals surface area contributed by atoms with Crippen LogP contribution in [0.5, 0.6) is 0 Å². The molecule has 1 aromatic heterocycles. The minimum absolute atomic E-state index is 0.0492. The summed E-state index contributed by atoms with van der Waals surface area (Å²) in [5, 5.41) is 9.67. The average Bonchev–Trinajstić information content (AvgIpc) is 3.00. The minimum Gasteiger partial charge on any atom is -0.396 e. The van der Waals surface area contributed by atoms with Gasteiger partial charge in [0.25, 0.3) is 5.91 Å². The maximum absolute atomic E-state index is 12.7. The van der Waals surface area contributed by atoms with E-state index in [-0.39, 0.29) is 24.3 Å². The summed E-state index contributed by atoms with van der Waals surface area (Å²) in [5.74, 6) is 0.296. The van der Waals surface area contributed by atoms with Gasteiger partial charge < -0.3 is 10.0 Å². The second-order valence-corrected chi connectivity index (χ2v) is 5.85. The first kappa shape index (κ1) is 14.7. The van der Waals surface area contributed by atoms with E-state index in [2.05, 4.69) is 4.98 Å². The van der Waals surface area contributed by atoms with Gasteiger partial charge in [-0.3, -0.25) is 9.78 Å². The number of benzene rings is 1. The Labute approximate surface area is 130 Å². The fourth-order valence-corrected chi connectivity index (χ4v) is 3.19. The highest BCUT2D eigenvalue weighted by molar-refractivity contribution is 5.95. The standard InChI is InChI=1S/C18H20N2O2/c1-13-4-2-3-5-16(13)18(22)20-10-15(12-21)17(11-20)14-6-8-19-9-7-14/h2-9,15,17,21H,10-12H2,1H3/t15-,17-/m0/s1. The summed E-state index contributed by atoms with van der Waals surface area (Å²) in [5.41, 5.74) is 2.86. The molecule has 22 heavy (non-hydrogen) atoms. The molecule has 0 spiro atoms. The molecule has 0 radical (unpaired) electrons. The number of aliphatic hydroxyl groups excluding tert-OH is 1. The van der Waals surface area contributed by atoms with Crippen molar-refractivity contribution in [3.05, 3.63) is 65.5 Å². The van der Waals surface area contributed by atoms with Gasteiger partial charge in [0.05, 0.1) is 0 Å². The molecule has 0 aliphatic carbocycles. The van der Waals surface area contributed by atoms with E-state index in [9.17, 15) is 9.90 Å². The lowest BCUT2D eigenvalue weighted by Gasteiger charge is -2.17. The molecule has 0 bridgehead atoms. The largest absolute Gasteiger partial charge is 0.396 e. The number of aryl methyl sites for hydroxylation is 1. The first-order valence-corrected chi connectivity index (χ1v) is 7.56. The van der Waals surface area contributed by atoms with E-state index in [1.165, 1.54) is 0 Å². The first-order chi connectivity index (χ1) is 10.7. The third-order valence-electron chi connectivity index (χ3n) is 4.47. The Hall–Kier alpha value is -2.20. The number of hydrogen-bond donors (Lipinski definition) is 1. The second kappa shape index (κ2) is 6.28. The lowest BCUT2D eigenvalue weighted by molar-refractivity contribution is 0.0780. The average molecular weight is 296 g/mol. The highest BCUT2D eigenvalue weighted by Crippen LogP contribution is 2.33. The van der Waals surface area contributed by atoms with Gasteiger partial charge in [-0.1, -0.05) is 18.2 Å². The summed E-state index contributed by atoms with van der Waals surface area (Å²) in [4.78, 5) is 18.6. The second-order valence-electron chi connectivity index (χ2n) is 5.85. The van der Waals surface area contributed by atoms with Gasteiger partial charge in [0.15, 0.2) is 0 Å². The number of amides is 1. The predicted molar refractivity (Wildman–Crippen MR) is 84.6 cm³/mol. The molecule has 1 amide bonds. The molecule has 3 rings (SSSR count). The maximum atomic E-state index is 12.7. The van der Waals surface area contributed by atoms with Crippen LogP contribution in [0.3, 0.4) is 0 Å². The summed E-state index contributed by atoms with van der Waals surface area (Å²) in [6, 6.07) is 11.6. The Morgan fingerprint density at radius 3 is 2.64 bits per heavy atom. The molecule has 4 heteroatoms. The Kier molecular flexibility index (Phi) is 4.20. The van der Waals surface area contributed by atoms with Crippen molar-refractivity contribution in [2.75, 3.05) is 19.7 Å². The van der Waals surface area contributed by atoms with E-state index in [1.807, 2.05) is 48.2 Å². The number of carbonyl (C=O) groups excluding carboxylic acids is 1. The molecule has 2 heterocycles. The molecule has 1 N–H and O–H groups in total. The Morgan fingerprint density at radius 2 is 1.95 bits per heavy atom. The molecule has 1 aromatic carbocycles. The van der Waals surface area contributed by atoms with Crippen LogP contribution in [0, 0.1) is 12.8 Å². The van der Waals surface area contributed by atoms with Gasteiger partial charge in [0, 0.05) is 49.5 Å². The molecular formula is C18H20N2O2. The van der Waals surface area contributed by atoms with Gasteiger partial charge in [0.1, 0.15) is 0 Å². The molecule has 1 aliphatic heterocycles. The number of rotatable bonds is 3. The molecule has 4 nitrogen and oxygen atoms in total.